The summed E-state index contributed by atoms with van der Waals surface area (Å²) in [5.74, 6) is 1.30. The van der Waals surface area contributed by atoms with E-state index in [9.17, 15) is 4.39 Å². The zero-order valence-electron chi connectivity index (χ0n) is 20.6. The van der Waals surface area contributed by atoms with E-state index >= 15 is 0 Å². The van der Waals surface area contributed by atoms with Crippen molar-refractivity contribution in [2.45, 2.75) is 64.7 Å². The minimum atomic E-state index is -0.0955. The fourth-order valence-corrected chi connectivity index (χ4v) is 4.92. The molecule has 1 aromatic rings. The Morgan fingerprint density at radius 2 is 2.06 bits per heavy atom. The third kappa shape index (κ3) is 8.90. The molecule has 186 valence electrons. The maximum absolute atomic E-state index is 14.7. The van der Waals surface area contributed by atoms with Crippen LogP contribution >= 0.6 is 11.6 Å². The minimum Gasteiger partial charge on any atom is -0.376 e. The van der Waals surface area contributed by atoms with Gasteiger partial charge in [-0.25, -0.2) is 9.38 Å². The van der Waals surface area contributed by atoms with Crippen molar-refractivity contribution in [3.05, 3.63) is 58.7 Å². The predicted molar refractivity (Wildman–Crippen MR) is 143 cm³/mol. The van der Waals surface area contributed by atoms with Gasteiger partial charge in [-0.05, 0) is 61.1 Å². The molecule has 0 radical (unpaired) electrons. The van der Waals surface area contributed by atoms with Gasteiger partial charge in [0.2, 0.25) is 0 Å². The van der Waals surface area contributed by atoms with E-state index in [1.807, 2.05) is 6.07 Å². The van der Waals surface area contributed by atoms with Crippen molar-refractivity contribution in [1.29, 1.82) is 0 Å². The van der Waals surface area contributed by atoms with E-state index in [1.54, 1.807) is 24.8 Å². The van der Waals surface area contributed by atoms with E-state index in [1.165, 1.54) is 12.8 Å². The number of aliphatic imine (C=N–C) groups is 2. The molecule has 6 heteroatoms. The number of aryl methyl sites for hydroxylation is 1. The van der Waals surface area contributed by atoms with Crippen molar-refractivity contribution < 1.29 is 4.39 Å². The Bertz CT molecular complexity index is 873. The summed E-state index contributed by atoms with van der Waals surface area (Å²) in [6.07, 6.45) is 14.5. The number of halogens is 2. The van der Waals surface area contributed by atoms with Gasteiger partial charge in [-0.1, -0.05) is 56.5 Å². The molecule has 2 heterocycles. The first kappa shape index (κ1) is 26.5. The number of hydrogen-bond donors (Lipinski definition) is 1. The first-order valence-corrected chi connectivity index (χ1v) is 13.2. The van der Waals surface area contributed by atoms with Crippen molar-refractivity contribution in [2.75, 3.05) is 26.2 Å². The topological polar surface area (TPSA) is 40.0 Å². The van der Waals surface area contributed by atoms with Crippen molar-refractivity contribution in [3.8, 4) is 0 Å². The van der Waals surface area contributed by atoms with Crippen LogP contribution in [-0.4, -0.2) is 43.6 Å². The van der Waals surface area contributed by atoms with Crippen LogP contribution in [0.1, 0.15) is 63.0 Å². The second-order valence-corrected chi connectivity index (χ2v) is 10.1. The maximum Gasteiger partial charge on any atom is 0.127 e. The SMILES string of the molecule is C=C(Cc1ccc(CCCCC2CC\N=C/C(Cl)=C\N=C\NCC2)cc1F)N1CC(CCC)C1. The Balaban J connectivity index is 1.39. The van der Waals surface area contributed by atoms with Crippen LogP contribution in [0.2, 0.25) is 0 Å². The van der Waals surface area contributed by atoms with E-state index in [0.29, 0.717) is 17.4 Å². The summed E-state index contributed by atoms with van der Waals surface area (Å²) >= 11 is 6.03. The summed E-state index contributed by atoms with van der Waals surface area (Å²) in [5.41, 5.74) is 2.88. The van der Waals surface area contributed by atoms with Gasteiger partial charge in [0, 0.05) is 50.7 Å². The third-order valence-corrected chi connectivity index (χ3v) is 7.08. The molecule has 2 aliphatic rings. The summed E-state index contributed by atoms with van der Waals surface area (Å²) in [6, 6.07) is 5.77. The second kappa shape index (κ2) is 14.3. The molecular weight excluding hydrogens is 447 g/mol. The Hall–Kier alpha value is -2.14. The monoisotopic (exact) mass is 486 g/mol. The standard InChI is InChI=1S/C28H40ClFN4/c1-3-6-25-19-34(20-25)22(2)15-26-10-9-24(16-28(26)30)8-5-4-7-23-11-13-31-17-27(29)18-33-21-32-14-12-23/h9-10,16-18,21,23,25H,2-8,11-15,19-20H2,1H3,(H,32,33)/b27-18+,31-17-. The van der Waals surface area contributed by atoms with Gasteiger partial charge in [-0.15, -0.1) is 0 Å². The molecule has 1 unspecified atom stereocenters. The quantitative estimate of drug-likeness (QED) is 0.383. The van der Waals surface area contributed by atoms with Crippen molar-refractivity contribution >= 4 is 24.2 Å². The molecule has 0 saturated carbocycles. The number of benzene rings is 1. The molecule has 3 rings (SSSR count). The lowest BCUT2D eigenvalue weighted by molar-refractivity contribution is 0.132. The van der Waals surface area contributed by atoms with Crippen molar-refractivity contribution in [2.24, 2.45) is 21.8 Å². The van der Waals surface area contributed by atoms with Crippen LogP contribution in [-0.2, 0) is 12.8 Å². The largest absolute Gasteiger partial charge is 0.376 e. The Morgan fingerprint density at radius 3 is 2.85 bits per heavy atom. The molecule has 1 fully saturated rings. The smallest absolute Gasteiger partial charge is 0.127 e. The summed E-state index contributed by atoms with van der Waals surface area (Å²) in [6.45, 7) is 10.3. The zero-order chi connectivity index (χ0) is 24.2. The zero-order valence-corrected chi connectivity index (χ0v) is 21.4. The Kier molecular flexibility index (Phi) is 11.1. The molecule has 0 spiro atoms. The predicted octanol–water partition coefficient (Wildman–Crippen LogP) is 6.51. The van der Waals surface area contributed by atoms with Gasteiger partial charge in [0.25, 0.3) is 0 Å². The molecule has 1 saturated heterocycles. The highest BCUT2D eigenvalue weighted by Gasteiger charge is 2.26. The number of hydrogen-bond acceptors (Lipinski definition) is 4. The molecule has 1 N–H and O–H groups in total. The molecule has 1 atom stereocenters. The van der Waals surface area contributed by atoms with E-state index in [-0.39, 0.29) is 5.82 Å². The van der Waals surface area contributed by atoms with Gasteiger partial charge >= 0.3 is 0 Å². The molecule has 0 aromatic heterocycles. The third-order valence-electron chi connectivity index (χ3n) is 6.88. The van der Waals surface area contributed by atoms with Gasteiger partial charge in [-0.3, -0.25) is 4.99 Å². The van der Waals surface area contributed by atoms with E-state index < -0.39 is 0 Å². The van der Waals surface area contributed by atoms with Crippen LogP contribution in [0.3, 0.4) is 0 Å². The number of nitrogens with zero attached hydrogens (tertiary/aromatic N) is 3. The van der Waals surface area contributed by atoms with E-state index in [4.69, 9.17) is 11.6 Å². The number of likely N-dealkylation sites (tertiary alicyclic amines) is 1. The summed E-state index contributed by atoms with van der Waals surface area (Å²) in [7, 11) is 0. The fraction of sp³-hybridized carbons (Fsp3) is 0.571. The van der Waals surface area contributed by atoms with Crippen LogP contribution in [0.25, 0.3) is 0 Å². The molecule has 0 amide bonds. The average molecular weight is 487 g/mol. The lowest BCUT2D eigenvalue weighted by Crippen LogP contribution is -2.45. The van der Waals surface area contributed by atoms with Gasteiger partial charge in [0.05, 0.1) is 11.4 Å². The normalized spacial score (nSPS) is 23.0. The molecule has 0 bridgehead atoms. The Labute approximate surface area is 210 Å². The second-order valence-electron chi connectivity index (χ2n) is 9.70. The first-order valence-electron chi connectivity index (χ1n) is 12.9. The van der Waals surface area contributed by atoms with Crippen LogP contribution in [0.15, 0.2) is 51.7 Å². The van der Waals surface area contributed by atoms with Crippen molar-refractivity contribution in [1.82, 2.24) is 10.2 Å². The van der Waals surface area contributed by atoms with Gasteiger partial charge < -0.3 is 10.2 Å². The number of rotatable bonds is 10. The summed E-state index contributed by atoms with van der Waals surface area (Å²) < 4.78 is 14.7. The average Bonchev–Trinajstić information content (AvgIpc) is 2.78. The van der Waals surface area contributed by atoms with Crippen LogP contribution in [0, 0.1) is 17.7 Å². The molecule has 4 nitrogen and oxygen atoms in total. The highest BCUT2D eigenvalue weighted by atomic mass is 35.5. The lowest BCUT2D eigenvalue weighted by atomic mass is 9.93. The number of allylic oxidation sites excluding steroid dienone is 2. The van der Waals surface area contributed by atoms with Crippen LogP contribution in [0.4, 0.5) is 4.39 Å². The van der Waals surface area contributed by atoms with Crippen LogP contribution in [0.5, 0.6) is 0 Å². The Morgan fingerprint density at radius 1 is 1.21 bits per heavy atom. The number of unbranched alkanes of at least 4 members (excludes halogenated alkanes) is 1. The van der Waals surface area contributed by atoms with Gasteiger partial charge in [-0.2, -0.15) is 0 Å². The molecular formula is C28H40ClFN4. The van der Waals surface area contributed by atoms with Gasteiger partial charge in [0.1, 0.15) is 5.82 Å². The lowest BCUT2D eigenvalue weighted by Gasteiger charge is -2.42. The molecule has 2 aliphatic heterocycles. The summed E-state index contributed by atoms with van der Waals surface area (Å²) in [4.78, 5) is 10.8. The van der Waals surface area contributed by atoms with Crippen LogP contribution < -0.4 is 5.32 Å². The summed E-state index contributed by atoms with van der Waals surface area (Å²) in [5, 5.41) is 3.77. The van der Waals surface area contributed by atoms with E-state index in [0.717, 1.165) is 87.4 Å². The highest BCUT2D eigenvalue weighted by Crippen LogP contribution is 2.26. The molecule has 34 heavy (non-hydrogen) atoms. The highest BCUT2D eigenvalue weighted by molar-refractivity contribution is 6.39. The molecule has 0 aliphatic carbocycles. The maximum atomic E-state index is 14.7. The fourth-order valence-electron chi connectivity index (χ4n) is 4.79. The number of nitrogens with one attached hydrogen (secondary N) is 1. The molecule has 1 aromatic carbocycles. The first-order chi connectivity index (χ1) is 16.5. The van der Waals surface area contributed by atoms with E-state index in [2.05, 4.69) is 39.8 Å². The minimum absolute atomic E-state index is 0.0955. The van der Waals surface area contributed by atoms with Crippen molar-refractivity contribution in [3.63, 3.8) is 0 Å². The van der Waals surface area contributed by atoms with Gasteiger partial charge in [0.15, 0.2) is 0 Å².